The minimum atomic E-state index is 0.323. The van der Waals surface area contributed by atoms with Crippen LogP contribution in [0.3, 0.4) is 0 Å². The summed E-state index contributed by atoms with van der Waals surface area (Å²) >= 11 is 0. The van der Waals surface area contributed by atoms with E-state index in [9.17, 15) is 4.79 Å². The third kappa shape index (κ3) is 3.02. The Bertz CT molecular complexity index is 224. The van der Waals surface area contributed by atoms with Gasteiger partial charge < -0.3 is 10.2 Å². The number of piperidine rings is 1. The van der Waals surface area contributed by atoms with Crippen LogP contribution in [-0.4, -0.2) is 43.9 Å². The number of carbonyl (C=O) groups excluding carboxylic acids is 1. The van der Waals surface area contributed by atoms with Crippen molar-refractivity contribution >= 4 is 5.78 Å². The molecule has 2 fully saturated rings. The van der Waals surface area contributed by atoms with Crippen molar-refractivity contribution in [2.24, 2.45) is 11.8 Å². The van der Waals surface area contributed by atoms with E-state index in [0.717, 1.165) is 39.0 Å². The fourth-order valence-electron chi connectivity index (χ4n) is 2.77. The van der Waals surface area contributed by atoms with E-state index in [0.29, 0.717) is 17.6 Å². The molecular formula is C12H22N2O. The van der Waals surface area contributed by atoms with Crippen LogP contribution in [0, 0.1) is 11.8 Å². The number of likely N-dealkylation sites (tertiary alicyclic amines) is 1. The van der Waals surface area contributed by atoms with Gasteiger partial charge in [-0.1, -0.05) is 0 Å². The Morgan fingerprint density at radius 2 is 2.33 bits per heavy atom. The molecular weight excluding hydrogens is 188 g/mol. The van der Waals surface area contributed by atoms with E-state index in [4.69, 9.17) is 0 Å². The van der Waals surface area contributed by atoms with Crippen molar-refractivity contribution in [3.63, 3.8) is 0 Å². The predicted molar refractivity (Wildman–Crippen MR) is 60.8 cm³/mol. The lowest BCUT2D eigenvalue weighted by molar-refractivity contribution is -0.125. The quantitative estimate of drug-likeness (QED) is 0.751. The Kier molecular flexibility index (Phi) is 3.76. The molecule has 2 heterocycles. The van der Waals surface area contributed by atoms with Gasteiger partial charge in [-0.2, -0.15) is 0 Å². The van der Waals surface area contributed by atoms with Crippen LogP contribution in [0.4, 0.5) is 0 Å². The summed E-state index contributed by atoms with van der Waals surface area (Å²) in [6, 6.07) is 0. The molecule has 3 heteroatoms. The van der Waals surface area contributed by atoms with Crippen molar-refractivity contribution < 1.29 is 4.79 Å². The van der Waals surface area contributed by atoms with Crippen LogP contribution in [0.25, 0.3) is 0 Å². The largest absolute Gasteiger partial charge is 0.316 e. The second-order valence-corrected chi connectivity index (χ2v) is 5.13. The summed E-state index contributed by atoms with van der Waals surface area (Å²) in [5, 5.41) is 3.33. The van der Waals surface area contributed by atoms with Gasteiger partial charge in [-0.15, -0.1) is 0 Å². The van der Waals surface area contributed by atoms with E-state index >= 15 is 0 Å². The highest BCUT2D eigenvalue weighted by Crippen LogP contribution is 2.21. The molecule has 15 heavy (non-hydrogen) atoms. The van der Waals surface area contributed by atoms with Crippen LogP contribution in [0.5, 0.6) is 0 Å². The Labute approximate surface area is 92.2 Å². The number of nitrogens with one attached hydrogen (secondary N) is 1. The van der Waals surface area contributed by atoms with E-state index in [-0.39, 0.29) is 0 Å². The van der Waals surface area contributed by atoms with Crippen molar-refractivity contribution in [2.45, 2.75) is 25.7 Å². The SMILES string of the molecule is CN1CCCC(C(=O)CC2CCNC2)C1. The lowest BCUT2D eigenvalue weighted by Gasteiger charge is -2.29. The van der Waals surface area contributed by atoms with Gasteiger partial charge in [-0.05, 0) is 51.9 Å². The monoisotopic (exact) mass is 210 g/mol. The molecule has 2 unspecified atom stereocenters. The number of ketones is 1. The van der Waals surface area contributed by atoms with E-state index in [1.54, 1.807) is 0 Å². The Morgan fingerprint density at radius 3 is 3.00 bits per heavy atom. The number of nitrogens with zero attached hydrogens (tertiary/aromatic N) is 1. The molecule has 1 N–H and O–H groups in total. The summed E-state index contributed by atoms with van der Waals surface area (Å²) < 4.78 is 0. The highest BCUT2D eigenvalue weighted by Gasteiger charge is 2.26. The molecule has 0 bridgehead atoms. The van der Waals surface area contributed by atoms with Crippen molar-refractivity contribution in [3.05, 3.63) is 0 Å². The third-order valence-corrected chi connectivity index (χ3v) is 3.73. The first-order chi connectivity index (χ1) is 7.25. The van der Waals surface area contributed by atoms with Gasteiger partial charge in [0.05, 0.1) is 0 Å². The lowest BCUT2D eigenvalue weighted by Crippen LogP contribution is -2.36. The van der Waals surface area contributed by atoms with Crippen LogP contribution in [0.15, 0.2) is 0 Å². The molecule has 2 aliphatic rings. The molecule has 0 radical (unpaired) electrons. The maximum absolute atomic E-state index is 12.0. The summed E-state index contributed by atoms with van der Waals surface area (Å²) in [5.74, 6) is 1.45. The van der Waals surface area contributed by atoms with Gasteiger partial charge in [0.2, 0.25) is 0 Å². The maximum atomic E-state index is 12.0. The van der Waals surface area contributed by atoms with Crippen molar-refractivity contribution in [1.29, 1.82) is 0 Å². The Morgan fingerprint density at radius 1 is 1.47 bits per heavy atom. The molecule has 2 rings (SSSR count). The summed E-state index contributed by atoms with van der Waals surface area (Å²) in [5.41, 5.74) is 0. The van der Waals surface area contributed by atoms with E-state index in [1.807, 2.05) is 0 Å². The normalized spacial score (nSPS) is 33.1. The highest BCUT2D eigenvalue weighted by molar-refractivity contribution is 5.81. The molecule has 0 aromatic rings. The van der Waals surface area contributed by atoms with Crippen molar-refractivity contribution in [2.75, 3.05) is 33.2 Å². The van der Waals surface area contributed by atoms with Gasteiger partial charge >= 0.3 is 0 Å². The van der Waals surface area contributed by atoms with Gasteiger partial charge in [0.25, 0.3) is 0 Å². The number of carbonyl (C=O) groups is 1. The van der Waals surface area contributed by atoms with Crippen LogP contribution in [-0.2, 0) is 4.79 Å². The number of hydrogen-bond donors (Lipinski definition) is 1. The zero-order chi connectivity index (χ0) is 10.7. The minimum Gasteiger partial charge on any atom is -0.316 e. The third-order valence-electron chi connectivity index (χ3n) is 3.73. The van der Waals surface area contributed by atoms with Crippen LogP contribution >= 0.6 is 0 Å². The topological polar surface area (TPSA) is 32.3 Å². The standard InChI is InChI=1S/C12H22N2O/c1-14-6-2-3-11(9-14)12(15)7-10-4-5-13-8-10/h10-11,13H,2-9H2,1H3. The average molecular weight is 210 g/mol. The van der Waals surface area contributed by atoms with Gasteiger partial charge in [-0.25, -0.2) is 0 Å². The predicted octanol–water partition coefficient (Wildman–Crippen LogP) is 0.897. The number of hydrogen-bond acceptors (Lipinski definition) is 3. The molecule has 0 aromatic heterocycles. The molecule has 0 aromatic carbocycles. The van der Waals surface area contributed by atoms with E-state index in [2.05, 4.69) is 17.3 Å². The zero-order valence-electron chi connectivity index (χ0n) is 9.67. The van der Waals surface area contributed by atoms with Gasteiger partial charge in [0.1, 0.15) is 5.78 Å². The fourth-order valence-corrected chi connectivity index (χ4v) is 2.77. The highest BCUT2D eigenvalue weighted by atomic mass is 16.1. The van der Waals surface area contributed by atoms with E-state index < -0.39 is 0 Å². The fraction of sp³-hybridized carbons (Fsp3) is 0.917. The number of Topliss-reactive ketones (excluding diaryl/α,β-unsaturated/α-hetero) is 1. The van der Waals surface area contributed by atoms with Gasteiger partial charge in [0.15, 0.2) is 0 Å². The maximum Gasteiger partial charge on any atom is 0.137 e. The smallest absolute Gasteiger partial charge is 0.137 e. The summed E-state index contributed by atoms with van der Waals surface area (Å²) in [4.78, 5) is 14.3. The van der Waals surface area contributed by atoms with Crippen molar-refractivity contribution in [3.8, 4) is 0 Å². The molecule has 2 saturated heterocycles. The first-order valence-electron chi connectivity index (χ1n) is 6.17. The first kappa shape index (κ1) is 11.1. The molecule has 0 amide bonds. The van der Waals surface area contributed by atoms with Crippen LogP contribution in [0.1, 0.15) is 25.7 Å². The minimum absolute atomic E-state index is 0.323. The van der Waals surface area contributed by atoms with Gasteiger partial charge in [-0.3, -0.25) is 4.79 Å². The molecule has 2 aliphatic heterocycles. The molecule has 0 aliphatic carbocycles. The second kappa shape index (κ2) is 5.08. The summed E-state index contributed by atoms with van der Waals surface area (Å²) in [6.45, 7) is 4.30. The molecule has 86 valence electrons. The van der Waals surface area contributed by atoms with Crippen molar-refractivity contribution in [1.82, 2.24) is 10.2 Å². The zero-order valence-corrected chi connectivity index (χ0v) is 9.67. The second-order valence-electron chi connectivity index (χ2n) is 5.13. The van der Waals surface area contributed by atoms with Gasteiger partial charge in [0, 0.05) is 18.9 Å². The summed E-state index contributed by atoms with van der Waals surface area (Å²) in [6.07, 6.45) is 4.30. The van der Waals surface area contributed by atoms with Crippen LogP contribution in [0.2, 0.25) is 0 Å². The summed E-state index contributed by atoms with van der Waals surface area (Å²) in [7, 11) is 2.12. The molecule has 2 atom stereocenters. The van der Waals surface area contributed by atoms with E-state index in [1.165, 1.54) is 12.8 Å². The molecule has 0 saturated carbocycles. The average Bonchev–Trinajstić information content (AvgIpc) is 2.70. The Balaban J connectivity index is 1.78. The Hall–Kier alpha value is -0.410. The number of rotatable bonds is 3. The first-order valence-corrected chi connectivity index (χ1v) is 6.17. The van der Waals surface area contributed by atoms with Crippen LogP contribution < -0.4 is 5.32 Å². The molecule has 3 nitrogen and oxygen atoms in total. The molecule has 0 spiro atoms. The lowest BCUT2D eigenvalue weighted by atomic mass is 9.88.